The second-order valence-electron chi connectivity index (χ2n) is 3.83. The molecule has 1 rings (SSSR count). The summed E-state index contributed by atoms with van der Waals surface area (Å²) in [6.45, 7) is 4.13. The smallest absolute Gasteiger partial charge is 0.174 e. The van der Waals surface area contributed by atoms with E-state index in [0.29, 0.717) is 6.42 Å². The van der Waals surface area contributed by atoms with Crippen LogP contribution in [0.5, 0.6) is 0 Å². The summed E-state index contributed by atoms with van der Waals surface area (Å²) in [5.74, 6) is 0.261. The van der Waals surface area contributed by atoms with Crippen molar-refractivity contribution in [2.75, 3.05) is 0 Å². The van der Waals surface area contributed by atoms with Gasteiger partial charge < -0.3 is 0 Å². The molecule has 0 spiro atoms. The minimum absolute atomic E-state index is 0.261. The Labute approximate surface area is 95.7 Å². The van der Waals surface area contributed by atoms with Crippen molar-refractivity contribution in [3.63, 3.8) is 0 Å². The topological polar surface area (TPSA) is 30.0 Å². The van der Waals surface area contributed by atoms with Gasteiger partial charge in [0, 0.05) is 12.6 Å². The van der Waals surface area contributed by atoms with Crippen LogP contribution in [0.25, 0.3) is 0 Å². The monoisotopic (exact) mass is 225 g/mol. The van der Waals surface area contributed by atoms with Gasteiger partial charge in [-0.15, -0.1) is 11.3 Å². The second-order valence-corrected chi connectivity index (χ2v) is 5.07. The quantitative estimate of drug-likeness (QED) is 0.518. The lowest BCUT2D eigenvalue weighted by molar-refractivity contribution is 0.0983. The first-order valence-electron chi connectivity index (χ1n) is 5.69. The number of carbonyl (C=O) groups excluding carboxylic acids is 1. The lowest BCUT2D eigenvalue weighted by Crippen LogP contribution is -1.95. The van der Waals surface area contributed by atoms with Crippen molar-refractivity contribution in [2.45, 2.75) is 52.4 Å². The van der Waals surface area contributed by atoms with Crippen LogP contribution in [0.1, 0.15) is 60.1 Å². The van der Waals surface area contributed by atoms with Gasteiger partial charge in [-0.3, -0.25) is 4.79 Å². The van der Waals surface area contributed by atoms with Gasteiger partial charge in [-0.25, -0.2) is 4.98 Å². The van der Waals surface area contributed by atoms with Crippen molar-refractivity contribution >= 4 is 17.1 Å². The summed E-state index contributed by atoms with van der Waals surface area (Å²) in [6, 6.07) is 0. The molecule has 0 bridgehead atoms. The standard InChI is InChI=1S/C12H19NOS/c1-3-4-5-6-7-8-11(14)12-9-13-10(2)15-12/h9H,3-8H2,1-2H3. The van der Waals surface area contributed by atoms with Gasteiger partial charge in [-0.2, -0.15) is 0 Å². The van der Waals surface area contributed by atoms with Crippen LogP contribution >= 0.6 is 11.3 Å². The molecule has 0 aliphatic heterocycles. The average molecular weight is 225 g/mol. The molecule has 3 heteroatoms. The van der Waals surface area contributed by atoms with Crippen LogP contribution < -0.4 is 0 Å². The van der Waals surface area contributed by atoms with Gasteiger partial charge in [0.15, 0.2) is 5.78 Å². The number of Topliss-reactive ketones (excluding diaryl/α,β-unsaturated/α-hetero) is 1. The summed E-state index contributed by atoms with van der Waals surface area (Å²) in [7, 11) is 0. The Morgan fingerprint density at radius 1 is 1.33 bits per heavy atom. The third-order valence-corrected chi connectivity index (χ3v) is 3.36. The van der Waals surface area contributed by atoms with Crippen molar-refractivity contribution in [1.29, 1.82) is 0 Å². The van der Waals surface area contributed by atoms with Gasteiger partial charge in [0.1, 0.15) is 0 Å². The van der Waals surface area contributed by atoms with Gasteiger partial charge in [-0.05, 0) is 13.3 Å². The summed E-state index contributed by atoms with van der Waals surface area (Å²) in [5, 5.41) is 0.976. The van der Waals surface area contributed by atoms with E-state index < -0.39 is 0 Å². The first-order valence-corrected chi connectivity index (χ1v) is 6.51. The van der Waals surface area contributed by atoms with Gasteiger partial charge in [0.25, 0.3) is 0 Å². The van der Waals surface area contributed by atoms with Crippen LogP contribution in [0, 0.1) is 6.92 Å². The Hall–Kier alpha value is -0.700. The number of nitrogens with zero attached hydrogens (tertiary/aromatic N) is 1. The molecule has 1 aromatic heterocycles. The van der Waals surface area contributed by atoms with Crippen molar-refractivity contribution < 1.29 is 4.79 Å². The summed E-state index contributed by atoms with van der Waals surface area (Å²) < 4.78 is 0. The molecule has 0 aliphatic rings. The largest absolute Gasteiger partial charge is 0.293 e. The van der Waals surface area contributed by atoms with Crippen molar-refractivity contribution in [3.8, 4) is 0 Å². The number of hydrogen-bond donors (Lipinski definition) is 0. The van der Waals surface area contributed by atoms with E-state index >= 15 is 0 Å². The highest BCUT2D eigenvalue weighted by molar-refractivity contribution is 7.13. The highest BCUT2D eigenvalue weighted by Crippen LogP contribution is 2.15. The Balaban J connectivity index is 2.19. The van der Waals surface area contributed by atoms with E-state index in [4.69, 9.17) is 0 Å². The lowest BCUT2D eigenvalue weighted by Gasteiger charge is -1.98. The number of unbranched alkanes of at least 4 members (excludes halogenated alkanes) is 4. The van der Waals surface area contributed by atoms with E-state index in [-0.39, 0.29) is 5.78 Å². The highest BCUT2D eigenvalue weighted by Gasteiger charge is 2.08. The zero-order chi connectivity index (χ0) is 11.1. The Kier molecular flexibility index (Phi) is 5.54. The van der Waals surface area contributed by atoms with E-state index in [2.05, 4.69) is 11.9 Å². The zero-order valence-electron chi connectivity index (χ0n) is 9.58. The number of rotatable bonds is 7. The third-order valence-electron chi connectivity index (χ3n) is 2.40. The van der Waals surface area contributed by atoms with Crippen LogP contribution in [-0.4, -0.2) is 10.8 Å². The van der Waals surface area contributed by atoms with Crippen molar-refractivity contribution in [2.24, 2.45) is 0 Å². The van der Waals surface area contributed by atoms with Crippen LogP contribution in [0.15, 0.2) is 6.20 Å². The normalized spacial score (nSPS) is 10.5. The Morgan fingerprint density at radius 3 is 2.67 bits per heavy atom. The summed E-state index contributed by atoms with van der Waals surface area (Å²) in [4.78, 5) is 16.6. The maximum absolute atomic E-state index is 11.7. The fourth-order valence-electron chi connectivity index (χ4n) is 1.50. The highest BCUT2D eigenvalue weighted by atomic mass is 32.1. The van der Waals surface area contributed by atoms with Gasteiger partial charge >= 0.3 is 0 Å². The third kappa shape index (κ3) is 4.56. The zero-order valence-corrected chi connectivity index (χ0v) is 10.4. The van der Waals surface area contributed by atoms with Crippen LogP contribution in [-0.2, 0) is 0 Å². The molecule has 1 heterocycles. The maximum atomic E-state index is 11.7. The Bertz CT molecular complexity index is 306. The molecule has 0 aliphatic carbocycles. The number of aromatic nitrogens is 1. The number of aryl methyl sites for hydroxylation is 1. The molecule has 0 aromatic carbocycles. The van der Waals surface area contributed by atoms with Crippen LogP contribution in [0.4, 0.5) is 0 Å². The molecule has 0 atom stereocenters. The number of carbonyl (C=O) groups is 1. The molecular weight excluding hydrogens is 206 g/mol. The van der Waals surface area contributed by atoms with Crippen LogP contribution in [0.2, 0.25) is 0 Å². The minimum Gasteiger partial charge on any atom is -0.293 e. The Morgan fingerprint density at radius 2 is 2.07 bits per heavy atom. The SMILES string of the molecule is CCCCCCCC(=O)c1cnc(C)s1. The predicted molar refractivity (Wildman–Crippen MR) is 64.6 cm³/mol. The lowest BCUT2D eigenvalue weighted by atomic mass is 10.1. The molecule has 0 saturated heterocycles. The molecule has 1 aromatic rings. The fourth-order valence-corrected chi connectivity index (χ4v) is 2.25. The second kappa shape index (κ2) is 6.72. The average Bonchev–Trinajstić information content (AvgIpc) is 2.64. The van der Waals surface area contributed by atoms with E-state index in [1.165, 1.54) is 37.0 Å². The van der Waals surface area contributed by atoms with Gasteiger partial charge in [0.05, 0.1) is 9.88 Å². The number of hydrogen-bond acceptors (Lipinski definition) is 3. The van der Waals surface area contributed by atoms with Gasteiger partial charge in [0.2, 0.25) is 0 Å². The van der Waals surface area contributed by atoms with Crippen molar-refractivity contribution in [3.05, 3.63) is 16.1 Å². The minimum atomic E-state index is 0.261. The van der Waals surface area contributed by atoms with Gasteiger partial charge in [-0.1, -0.05) is 32.6 Å². The molecule has 0 N–H and O–H groups in total. The number of ketones is 1. The van der Waals surface area contributed by atoms with Crippen molar-refractivity contribution in [1.82, 2.24) is 4.98 Å². The molecule has 0 amide bonds. The first kappa shape index (κ1) is 12.4. The maximum Gasteiger partial charge on any atom is 0.174 e. The van der Waals surface area contributed by atoms with E-state index in [0.717, 1.165) is 16.3 Å². The van der Waals surface area contributed by atoms with E-state index in [9.17, 15) is 4.79 Å². The molecular formula is C12H19NOS. The summed E-state index contributed by atoms with van der Waals surface area (Å²) >= 11 is 1.50. The van der Waals surface area contributed by atoms with E-state index in [1.807, 2.05) is 6.92 Å². The molecule has 15 heavy (non-hydrogen) atoms. The van der Waals surface area contributed by atoms with E-state index in [1.54, 1.807) is 6.20 Å². The molecule has 84 valence electrons. The molecule has 2 nitrogen and oxygen atoms in total. The summed E-state index contributed by atoms with van der Waals surface area (Å²) in [6.07, 6.45) is 8.38. The molecule has 0 saturated carbocycles. The molecule has 0 unspecified atom stereocenters. The predicted octanol–water partition coefficient (Wildman–Crippen LogP) is 3.99. The fraction of sp³-hybridized carbons (Fsp3) is 0.667. The number of thiazole rings is 1. The van der Waals surface area contributed by atoms with Crippen LogP contribution in [0.3, 0.4) is 0 Å². The first-order chi connectivity index (χ1) is 7.24. The molecule has 0 fully saturated rings. The summed E-state index contributed by atoms with van der Waals surface area (Å²) in [5.41, 5.74) is 0. The molecule has 0 radical (unpaired) electrons.